The third-order valence-corrected chi connectivity index (χ3v) is 2.93. The summed E-state index contributed by atoms with van der Waals surface area (Å²) in [7, 11) is 0. The van der Waals surface area contributed by atoms with E-state index in [0.29, 0.717) is 17.9 Å². The second-order valence-corrected chi connectivity index (χ2v) is 4.52. The second kappa shape index (κ2) is 6.08. The van der Waals surface area contributed by atoms with Gasteiger partial charge in [0.25, 0.3) is 11.1 Å². The van der Waals surface area contributed by atoms with Crippen molar-refractivity contribution < 1.29 is 4.79 Å². The molecule has 2 heterocycles. The highest BCUT2D eigenvalue weighted by Crippen LogP contribution is 2.04. The van der Waals surface area contributed by atoms with Crippen LogP contribution >= 0.6 is 0 Å². The lowest BCUT2D eigenvalue weighted by molar-refractivity contribution is -0.116. The van der Waals surface area contributed by atoms with Gasteiger partial charge in [-0.1, -0.05) is 0 Å². The number of anilines is 2. The molecule has 2 rings (SSSR count). The average molecular weight is 288 g/mol. The fourth-order valence-corrected chi connectivity index (χ4v) is 1.88. The number of nitrogens with one attached hydrogen (secondary N) is 1. The van der Waals surface area contributed by atoms with Crippen LogP contribution in [0.3, 0.4) is 0 Å². The highest BCUT2D eigenvalue weighted by molar-refractivity contribution is 5.90. The number of hydrogen-bond acceptors (Lipinski definition) is 4. The second-order valence-electron chi connectivity index (χ2n) is 4.52. The van der Waals surface area contributed by atoms with Crippen LogP contribution in [0.1, 0.15) is 6.92 Å². The maximum absolute atomic E-state index is 11.9. The molecule has 0 spiro atoms. The molecule has 21 heavy (non-hydrogen) atoms. The van der Waals surface area contributed by atoms with Crippen LogP contribution in [0, 0.1) is 0 Å². The minimum Gasteiger partial charge on any atom is -0.398 e. The average Bonchev–Trinajstić information content (AvgIpc) is 2.45. The lowest BCUT2D eigenvalue weighted by Crippen LogP contribution is -2.27. The lowest BCUT2D eigenvalue weighted by atomic mass is 10.3. The van der Waals surface area contributed by atoms with E-state index >= 15 is 0 Å². The van der Waals surface area contributed by atoms with Gasteiger partial charge in [0.05, 0.1) is 5.69 Å². The van der Waals surface area contributed by atoms with Gasteiger partial charge in [0.1, 0.15) is 6.54 Å². The van der Waals surface area contributed by atoms with Gasteiger partial charge in [-0.15, -0.1) is 0 Å². The predicted octanol–water partition coefficient (Wildman–Crippen LogP) is 0.251. The number of rotatable bonds is 4. The maximum atomic E-state index is 11.9. The summed E-state index contributed by atoms with van der Waals surface area (Å²) in [5, 5.41) is 2.64. The zero-order valence-electron chi connectivity index (χ0n) is 11.6. The summed E-state index contributed by atoms with van der Waals surface area (Å²) in [6, 6.07) is 5.69. The van der Waals surface area contributed by atoms with Crippen molar-refractivity contribution in [3.8, 4) is 0 Å². The van der Waals surface area contributed by atoms with Crippen LogP contribution < -0.4 is 22.2 Å². The Labute approximate surface area is 120 Å². The number of nitrogens with zero attached hydrogens (tertiary/aromatic N) is 2. The molecule has 7 heteroatoms. The highest BCUT2D eigenvalue weighted by atomic mass is 16.2. The number of pyridine rings is 2. The van der Waals surface area contributed by atoms with Crippen LogP contribution in [0.5, 0.6) is 0 Å². The number of carbonyl (C=O) groups is 1. The summed E-state index contributed by atoms with van der Waals surface area (Å²) in [5.41, 5.74) is 6.04. The van der Waals surface area contributed by atoms with Crippen LogP contribution in [0.4, 0.5) is 11.4 Å². The van der Waals surface area contributed by atoms with Gasteiger partial charge in [0, 0.05) is 36.8 Å². The van der Waals surface area contributed by atoms with Crippen LogP contribution in [0.15, 0.2) is 46.2 Å². The van der Waals surface area contributed by atoms with Gasteiger partial charge < -0.3 is 20.2 Å². The quantitative estimate of drug-likeness (QED) is 0.842. The summed E-state index contributed by atoms with van der Waals surface area (Å²) in [6.07, 6.45) is 2.97. The normalized spacial score (nSPS) is 10.3. The fraction of sp³-hybridized carbons (Fsp3) is 0.214. The standard InChI is InChI=1S/C14H16N4O3/c1-2-17-8-11(4-6-13(17)20)16-12(19)9-18-7-10(15)3-5-14(18)21/h3-8H,2,9,15H2,1H3,(H,16,19). The topological polar surface area (TPSA) is 99.1 Å². The minimum absolute atomic E-state index is 0.137. The summed E-state index contributed by atoms with van der Waals surface area (Å²) < 4.78 is 2.70. The van der Waals surface area contributed by atoms with Crippen LogP contribution in [0.25, 0.3) is 0 Å². The molecule has 2 aromatic heterocycles. The summed E-state index contributed by atoms with van der Waals surface area (Å²) in [6.45, 7) is 2.20. The van der Waals surface area contributed by atoms with Crippen molar-refractivity contribution >= 4 is 17.3 Å². The van der Waals surface area contributed by atoms with E-state index in [2.05, 4.69) is 5.32 Å². The van der Waals surface area contributed by atoms with Crippen LogP contribution in [-0.4, -0.2) is 15.0 Å². The monoisotopic (exact) mass is 288 g/mol. The molecule has 3 N–H and O–H groups in total. The van der Waals surface area contributed by atoms with Gasteiger partial charge in [-0.3, -0.25) is 14.4 Å². The fourth-order valence-electron chi connectivity index (χ4n) is 1.88. The molecular weight excluding hydrogens is 272 g/mol. The zero-order valence-corrected chi connectivity index (χ0v) is 11.6. The van der Waals surface area contributed by atoms with Crippen molar-refractivity contribution in [2.24, 2.45) is 0 Å². The van der Waals surface area contributed by atoms with Gasteiger partial charge in [-0.25, -0.2) is 0 Å². The first-order valence-electron chi connectivity index (χ1n) is 6.46. The molecule has 2 aromatic rings. The smallest absolute Gasteiger partial charge is 0.251 e. The number of carbonyl (C=O) groups excluding carboxylic acids is 1. The molecule has 110 valence electrons. The van der Waals surface area contributed by atoms with E-state index in [1.165, 1.54) is 39.6 Å². The first-order valence-corrected chi connectivity index (χ1v) is 6.46. The molecule has 0 saturated heterocycles. The Balaban J connectivity index is 2.13. The molecule has 0 aliphatic rings. The Morgan fingerprint density at radius 3 is 2.48 bits per heavy atom. The molecule has 0 radical (unpaired) electrons. The molecule has 0 saturated carbocycles. The third kappa shape index (κ3) is 3.59. The lowest BCUT2D eigenvalue weighted by Gasteiger charge is -2.09. The Kier molecular flexibility index (Phi) is 4.22. The van der Waals surface area contributed by atoms with E-state index in [9.17, 15) is 14.4 Å². The number of amides is 1. The van der Waals surface area contributed by atoms with Gasteiger partial charge in [-0.2, -0.15) is 0 Å². The molecule has 0 fully saturated rings. The maximum Gasteiger partial charge on any atom is 0.251 e. The predicted molar refractivity (Wildman–Crippen MR) is 80.1 cm³/mol. The van der Waals surface area contributed by atoms with E-state index in [1.54, 1.807) is 6.20 Å². The van der Waals surface area contributed by atoms with Crippen molar-refractivity contribution in [2.75, 3.05) is 11.1 Å². The Bertz CT molecular complexity index is 776. The molecule has 0 bridgehead atoms. The van der Waals surface area contributed by atoms with Gasteiger partial charge in [-0.05, 0) is 19.1 Å². The number of nitrogen functional groups attached to an aromatic ring is 1. The Hall–Kier alpha value is -2.83. The largest absolute Gasteiger partial charge is 0.398 e. The minimum atomic E-state index is -0.371. The molecule has 0 atom stereocenters. The number of aryl methyl sites for hydroxylation is 1. The van der Waals surface area contributed by atoms with Crippen molar-refractivity contribution in [2.45, 2.75) is 20.0 Å². The van der Waals surface area contributed by atoms with Crippen LogP contribution in [0.2, 0.25) is 0 Å². The molecule has 7 nitrogen and oxygen atoms in total. The van der Waals surface area contributed by atoms with Gasteiger partial charge in [0.2, 0.25) is 5.91 Å². The molecule has 1 amide bonds. The van der Waals surface area contributed by atoms with Crippen molar-refractivity contribution in [3.63, 3.8) is 0 Å². The number of nitrogens with two attached hydrogens (primary N) is 1. The SMILES string of the molecule is CCn1cc(NC(=O)Cn2cc(N)ccc2=O)ccc1=O. The van der Waals surface area contributed by atoms with E-state index in [1.807, 2.05) is 6.92 Å². The number of hydrogen-bond donors (Lipinski definition) is 2. The van der Waals surface area contributed by atoms with Crippen molar-refractivity contribution in [1.82, 2.24) is 9.13 Å². The van der Waals surface area contributed by atoms with E-state index in [0.717, 1.165) is 0 Å². The first-order chi connectivity index (χ1) is 9.99. The summed E-state index contributed by atoms with van der Waals surface area (Å²) in [4.78, 5) is 35.0. The molecular formula is C14H16N4O3. The summed E-state index contributed by atoms with van der Waals surface area (Å²) in [5.74, 6) is -0.371. The first kappa shape index (κ1) is 14.6. The van der Waals surface area contributed by atoms with Gasteiger partial charge >= 0.3 is 0 Å². The van der Waals surface area contributed by atoms with E-state index < -0.39 is 0 Å². The molecule has 0 aromatic carbocycles. The van der Waals surface area contributed by atoms with Crippen molar-refractivity contribution in [3.05, 3.63) is 57.4 Å². The van der Waals surface area contributed by atoms with E-state index in [-0.39, 0.29) is 23.6 Å². The van der Waals surface area contributed by atoms with E-state index in [4.69, 9.17) is 5.73 Å². The molecule has 0 unspecified atom stereocenters. The van der Waals surface area contributed by atoms with Crippen LogP contribution in [-0.2, 0) is 17.9 Å². The van der Waals surface area contributed by atoms with Gasteiger partial charge in [0.15, 0.2) is 0 Å². The summed E-state index contributed by atoms with van der Waals surface area (Å²) >= 11 is 0. The molecule has 0 aliphatic heterocycles. The Morgan fingerprint density at radius 1 is 1.10 bits per heavy atom. The third-order valence-electron chi connectivity index (χ3n) is 2.93. The van der Waals surface area contributed by atoms with Crippen molar-refractivity contribution in [1.29, 1.82) is 0 Å². The zero-order chi connectivity index (χ0) is 15.4. The molecule has 0 aliphatic carbocycles. The number of aromatic nitrogens is 2. The highest BCUT2D eigenvalue weighted by Gasteiger charge is 2.06. The Morgan fingerprint density at radius 2 is 1.76 bits per heavy atom.